The number of allylic oxidation sites excluding steroid dienone is 1. The van der Waals surface area contributed by atoms with Gasteiger partial charge in [-0.1, -0.05) is 41.9 Å². The molecule has 0 amide bonds. The minimum atomic E-state index is -0.0742. The maximum absolute atomic E-state index is 12.2. The standard InChI is InChI=1S/C20H16ClNO2/c1-2-24-17-9-10-18-16(13-17)12-15(20(21)22-18)8-11-19(23)14-6-4-3-5-7-14/h3-13H,2H2,1H3. The van der Waals surface area contributed by atoms with Crippen molar-refractivity contribution in [2.45, 2.75) is 6.92 Å². The number of ether oxygens (including phenoxy) is 1. The lowest BCUT2D eigenvalue weighted by molar-refractivity contribution is 0.104. The first-order valence-corrected chi connectivity index (χ1v) is 8.05. The fraction of sp³-hybridized carbons (Fsp3) is 0.100. The maximum atomic E-state index is 12.2. The number of ketones is 1. The zero-order chi connectivity index (χ0) is 16.9. The molecule has 0 unspecified atom stereocenters. The lowest BCUT2D eigenvalue weighted by Crippen LogP contribution is -1.94. The molecule has 0 radical (unpaired) electrons. The fourth-order valence-corrected chi connectivity index (χ4v) is 2.59. The Balaban J connectivity index is 1.92. The number of nitrogens with zero attached hydrogens (tertiary/aromatic N) is 1. The van der Waals surface area contributed by atoms with Gasteiger partial charge in [-0.05, 0) is 43.3 Å². The molecule has 3 rings (SSSR count). The lowest BCUT2D eigenvalue weighted by atomic mass is 10.1. The van der Waals surface area contributed by atoms with Gasteiger partial charge in [0, 0.05) is 16.5 Å². The van der Waals surface area contributed by atoms with Crippen molar-refractivity contribution in [1.29, 1.82) is 0 Å². The van der Waals surface area contributed by atoms with Crippen LogP contribution in [0.4, 0.5) is 0 Å². The quantitative estimate of drug-likeness (QED) is 0.365. The molecule has 3 nitrogen and oxygen atoms in total. The first kappa shape index (κ1) is 16.2. The number of halogens is 1. The summed E-state index contributed by atoms with van der Waals surface area (Å²) in [5, 5.41) is 1.28. The van der Waals surface area contributed by atoms with E-state index in [9.17, 15) is 4.79 Å². The van der Waals surface area contributed by atoms with Gasteiger partial charge in [0.2, 0.25) is 0 Å². The van der Waals surface area contributed by atoms with Gasteiger partial charge in [0.25, 0.3) is 0 Å². The summed E-state index contributed by atoms with van der Waals surface area (Å²) >= 11 is 6.23. The highest BCUT2D eigenvalue weighted by Gasteiger charge is 2.06. The number of fused-ring (bicyclic) bond motifs is 1. The van der Waals surface area contributed by atoms with E-state index in [1.807, 2.05) is 49.4 Å². The molecule has 120 valence electrons. The number of hydrogen-bond donors (Lipinski definition) is 0. The van der Waals surface area contributed by atoms with Crippen molar-refractivity contribution in [1.82, 2.24) is 4.98 Å². The molecule has 2 aromatic carbocycles. The largest absolute Gasteiger partial charge is 0.494 e. The number of pyridine rings is 1. The van der Waals surface area contributed by atoms with E-state index in [4.69, 9.17) is 16.3 Å². The number of rotatable bonds is 5. The molecule has 0 aliphatic rings. The Kier molecular flexibility index (Phi) is 4.92. The van der Waals surface area contributed by atoms with Crippen LogP contribution in [0.1, 0.15) is 22.8 Å². The zero-order valence-electron chi connectivity index (χ0n) is 13.2. The summed E-state index contributed by atoms with van der Waals surface area (Å²) in [7, 11) is 0. The van der Waals surface area contributed by atoms with Crippen LogP contribution in [0.15, 0.2) is 60.7 Å². The van der Waals surface area contributed by atoms with Gasteiger partial charge in [0.05, 0.1) is 12.1 Å². The summed E-state index contributed by atoms with van der Waals surface area (Å²) < 4.78 is 5.51. The van der Waals surface area contributed by atoms with E-state index >= 15 is 0 Å². The van der Waals surface area contributed by atoms with E-state index in [-0.39, 0.29) is 5.78 Å². The summed E-state index contributed by atoms with van der Waals surface area (Å²) in [4.78, 5) is 16.5. The van der Waals surface area contributed by atoms with Crippen LogP contribution >= 0.6 is 11.6 Å². The van der Waals surface area contributed by atoms with Crippen molar-refractivity contribution in [3.8, 4) is 5.75 Å². The second-order valence-corrected chi connectivity index (χ2v) is 5.58. The van der Waals surface area contributed by atoms with Gasteiger partial charge in [-0.3, -0.25) is 4.79 Å². The molecule has 24 heavy (non-hydrogen) atoms. The van der Waals surface area contributed by atoms with Crippen LogP contribution in [0.5, 0.6) is 5.75 Å². The normalized spacial score (nSPS) is 11.1. The van der Waals surface area contributed by atoms with Crippen LogP contribution in [-0.2, 0) is 0 Å². The van der Waals surface area contributed by atoms with Crippen LogP contribution in [0.25, 0.3) is 17.0 Å². The first-order chi connectivity index (χ1) is 11.7. The topological polar surface area (TPSA) is 39.2 Å². The van der Waals surface area contributed by atoms with Gasteiger partial charge < -0.3 is 4.74 Å². The average Bonchev–Trinajstić information content (AvgIpc) is 2.61. The van der Waals surface area contributed by atoms with Crippen LogP contribution in [-0.4, -0.2) is 17.4 Å². The third-order valence-corrected chi connectivity index (χ3v) is 3.85. The molecular formula is C20H16ClNO2. The van der Waals surface area contributed by atoms with E-state index < -0.39 is 0 Å². The molecule has 1 aromatic heterocycles. The van der Waals surface area contributed by atoms with Crippen LogP contribution in [0, 0.1) is 0 Å². The third kappa shape index (κ3) is 3.63. The van der Waals surface area contributed by atoms with Crippen LogP contribution in [0.3, 0.4) is 0 Å². The molecule has 0 fully saturated rings. The molecule has 0 atom stereocenters. The molecule has 0 aliphatic heterocycles. The van der Waals surface area contributed by atoms with E-state index in [1.54, 1.807) is 18.2 Å². The van der Waals surface area contributed by atoms with E-state index in [1.165, 1.54) is 6.08 Å². The Morgan fingerprint density at radius 3 is 2.71 bits per heavy atom. The summed E-state index contributed by atoms with van der Waals surface area (Å²) in [5.74, 6) is 0.708. The molecule has 0 saturated heterocycles. The number of aromatic nitrogens is 1. The van der Waals surface area contributed by atoms with Gasteiger partial charge in [-0.15, -0.1) is 0 Å². The third-order valence-electron chi connectivity index (χ3n) is 3.55. The highest BCUT2D eigenvalue weighted by atomic mass is 35.5. The monoisotopic (exact) mass is 337 g/mol. The summed E-state index contributed by atoms with van der Waals surface area (Å²) in [5.41, 5.74) is 2.12. The van der Waals surface area contributed by atoms with Gasteiger partial charge in [-0.2, -0.15) is 0 Å². The molecular weight excluding hydrogens is 322 g/mol. The minimum absolute atomic E-state index is 0.0742. The second-order valence-electron chi connectivity index (χ2n) is 5.22. The summed E-state index contributed by atoms with van der Waals surface area (Å²) in [6.45, 7) is 2.54. The highest BCUT2D eigenvalue weighted by molar-refractivity contribution is 6.31. The molecule has 0 saturated carbocycles. The van der Waals surface area contributed by atoms with E-state index in [2.05, 4.69) is 4.98 Å². The molecule has 0 spiro atoms. The van der Waals surface area contributed by atoms with Gasteiger partial charge in [0.15, 0.2) is 5.78 Å². The maximum Gasteiger partial charge on any atom is 0.185 e. The van der Waals surface area contributed by atoms with Gasteiger partial charge >= 0.3 is 0 Å². The first-order valence-electron chi connectivity index (χ1n) is 7.68. The number of benzene rings is 2. The Hall–Kier alpha value is -2.65. The Morgan fingerprint density at radius 2 is 1.96 bits per heavy atom. The van der Waals surface area contributed by atoms with Crippen LogP contribution in [0.2, 0.25) is 5.15 Å². The minimum Gasteiger partial charge on any atom is -0.494 e. The van der Waals surface area contributed by atoms with Gasteiger partial charge in [0.1, 0.15) is 10.9 Å². The molecule has 0 bridgehead atoms. The van der Waals surface area contributed by atoms with E-state index in [0.29, 0.717) is 22.9 Å². The average molecular weight is 338 g/mol. The molecule has 4 heteroatoms. The SMILES string of the molecule is CCOc1ccc2nc(Cl)c(C=CC(=O)c3ccccc3)cc2c1. The van der Waals surface area contributed by atoms with Crippen molar-refractivity contribution in [3.63, 3.8) is 0 Å². The molecule has 3 aromatic rings. The zero-order valence-corrected chi connectivity index (χ0v) is 14.0. The number of carbonyl (C=O) groups is 1. The van der Waals surface area contributed by atoms with Crippen molar-refractivity contribution < 1.29 is 9.53 Å². The van der Waals surface area contributed by atoms with Crippen LogP contribution < -0.4 is 4.74 Å². The van der Waals surface area contributed by atoms with Crippen molar-refractivity contribution in [2.24, 2.45) is 0 Å². The van der Waals surface area contributed by atoms with Gasteiger partial charge in [-0.25, -0.2) is 4.98 Å². The predicted molar refractivity (Wildman–Crippen MR) is 97.7 cm³/mol. The predicted octanol–water partition coefficient (Wildman–Crippen LogP) is 5.18. The molecule has 1 heterocycles. The van der Waals surface area contributed by atoms with Crippen molar-refractivity contribution in [3.05, 3.63) is 77.0 Å². The second kappa shape index (κ2) is 7.28. The summed E-state index contributed by atoms with van der Waals surface area (Å²) in [6, 6.07) is 16.7. The Labute approximate surface area is 145 Å². The smallest absolute Gasteiger partial charge is 0.185 e. The fourth-order valence-electron chi connectivity index (χ4n) is 2.38. The molecule has 0 N–H and O–H groups in total. The number of hydrogen-bond acceptors (Lipinski definition) is 3. The lowest BCUT2D eigenvalue weighted by Gasteiger charge is -2.06. The highest BCUT2D eigenvalue weighted by Crippen LogP contribution is 2.25. The van der Waals surface area contributed by atoms with Crippen molar-refractivity contribution >= 4 is 34.4 Å². The molecule has 0 aliphatic carbocycles. The summed E-state index contributed by atoms with van der Waals surface area (Å²) in [6.07, 6.45) is 3.20. The van der Waals surface area contributed by atoms with E-state index in [0.717, 1.165) is 16.7 Å². The Bertz CT molecular complexity index is 904. The number of carbonyl (C=O) groups excluding carboxylic acids is 1. The van der Waals surface area contributed by atoms with Crippen molar-refractivity contribution in [2.75, 3.05) is 6.61 Å². The Morgan fingerprint density at radius 1 is 1.17 bits per heavy atom.